The number of imidazole rings is 1. The Balaban J connectivity index is 1.46. The number of nitrogens with zero attached hydrogens (tertiary/aromatic N) is 3. The van der Waals surface area contributed by atoms with Crippen molar-refractivity contribution in [1.82, 2.24) is 19.8 Å². The Bertz CT molecular complexity index is 400. The van der Waals surface area contributed by atoms with E-state index >= 15 is 0 Å². The van der Waals surface area contributed by atoms with Gasteiger partial charge in [-0.2, -0.15) is 0 Å². The van der Waals surface area contributed by atoms with Crippen LogP contribution < -0.4 is 5.32 Å². The van der Waals surface area contributed by atoms with E-state index in [4.69, 9.17) is 0 Å². The van der Waals surface area contributed by atoms with E-state index in [2.05, 4.69) is 39.9 Å². The van der Waals surface area contributed by atoms with Crippen LogP contribution in [0, 0.1) is 5.92 Å². The van der Waals surface area contributed by atoms with Gasteiger partial charge in [0.25, 0.3) is 0 Å². The zero-order valence-corrected chi connectivity index (χ0v) is 12.2. The molecule has 2 fully saturated rings. The highest BCUT2D eigenvalue weighted by Crippen LogP contribution is 2.36. The average molecular weight is 262 g/mol. The van der Waals surface area contributed by atoms with Gasteiger partial charge in [-0.05, 0) is 52.1 Å². The van der Waals surface area contributed by atoms with Crippen LogP contribution in [-0.4, -0.2) is 40.1 Å². The van der Waals surface area contributed by atoms with Crippen LogP contribution >= 0.6 is 0 Å². The number of piperidine rings is 1. The second kappa shape index (κ2) is 5.63. The van der Waals surface area contributed by atoms with Crippen molar-refractivity contribution < 1.29 is 0 Å². The number of rotatable bonds is 5. The lowest BCUT2D eigenvalue weighted by Gasteiger charge is -2.36. The van der Waals surface area contributed by atoms with E-state index in [1.807, 2.05) is 6.20 Å². The minimum absolute atomic E-state index is 0.850. The van der Waals surface area contributed by atoms with Gasteiger partial charge in [-0.3, -0.25) is 0 Å². The molecule has 1 aromatic heterocycles. The number of nitrogens with one attached hydrogen (secondary N) is 1. The summed E-state index contributed by atoms with van der Waals surface area (Å²) in [6, 6.07) is 1.70. The molecular weight excluding hydrogens is 236 g/mol. The molecule has 0 aliphatic carbocycles. The van der Waals surface area contributed by atoms with Gasteiger partial charge in [-0.25, -0.2) is 4.98 Å². The maximum Gasteiger partial charge on any atom is 0.122 e. The van der Waals surface area contributed by atoms with Crippen LogP contribution in [0.4, 0.5) is 0 Å². The second-order valence-corrected chi connectivity index (χ2v) is 6.15. The number of hydrogen-bond donors (Lipinski definition) is 1. The van der Waals surface area contributed by atoms with Gasteiger partial charge >= 0.3 is 0 Å². The Morgan fingerprint density at radius 1 is 1.32 bits per heavy atom. The first-order valence-electron chi connectivity index (χ1n) is 7.70. The minimum atomic E-state index is 0.850. The van der Waals surface area contributed by atoms with Crippen LogP contribution in [0.2, 0.25) is 0 Å². The van der Waals surface area contributed by atoms with Gasteiger partial charge in [0, 0.05) is 31.0 Å². The van der Waals surface area contributed by atoms with Gasteiger partial charge in [0.05, 0.1) is 6.54 Å². The van der Waals surface area contributed by atoms with E-state index in [9.17, 15) is 0 Å². The Labute approximate surface area is 116 Å². The summed E-state index contributed by atoms with van der Waals surface area (Å²) in [5, 5.41) is 3.61. The van der Waals surface area contributed by atoms with Gasteiger partial charge in [0.1, 0.15) is 5.82 Å². The van der Waals surface area contributed by atoms with Crippen molar-refractivity contribution in [3.05, 3.63) is 18.2 Å². The maximum absolute atomic E-state index is 4.42. The first kappa shape index (κ1) is 13.1. The SMILES string of the molecule is CCn1ccnc1CNCC1CC2CCC(C1)N2C. The lowest BCUT2D eigenvalue weighted by atomic mass is 9.91. The van der Waals surface area contributed by atoms with Crippen LogP contribution in [-0.2, 0) is 13.1 Å². The fraction of sp³-hybridized carbons (Fsp3) is 0.800. The third kappa shape index (κ3) is 2.70. The van der Waals surface area contributed by atoms with Crippen molar-refractivity contribution >= 4 is 0 Å². The Hall–Kier alpha value is -0.870. The smallest absolute Gasteiger partial charge is 0.122 e. The van der Waals surface area contributed by atoms with Crippen LogP contribution in [0.1, 0.15) is 38.4 Å². The zero-order valence-electron chi connectivity index (χ0n) is 12.2. The van der Waals surface area contributed by atoms with Crippen molar-refractivity contribution in [2.75, 3.05) is 13.6 Å². The molecule has 0 aromatic carbocycles. The molecule has 3 rings (SSSR count). The van der Waals surface area contributed by atoms with E-state index in [0.29, 0.717) is 0 Å². The van der Waals surface area contributed by atoms with Gasteiger partial charge in [0.15, 0.2) is 0 Å². The fourth-order valence-corrected chi connectivity index (χ4v) is 3.87. The summed E-state index contributed by atoms with van der Waals surface area (Å²) < 4.78 is 2.21. The molecule has 2 saturated heterocycles. The van der Waals surface area contributed by atoms with E-state index in [1.54, 1.807) is 0 Å². The predicted octanol–water partition coefficient (Wildman–Crippen LogP) is 1.87. The maximum atomic E-state index is 4.42. The summed E-state index contributed by atoms with van der Waals surface area (Å²) in [5.41, 5.74) is 0. The van der Waals surface area contributed by atoms with Crippen molar-refractivity contribution in [2.24, 2.45) is 5.92 Å². The van der Waals surface area contributed by atoms with Gasteiger partial charge in [0.2, 0.25) is 0 Å². The second-order valence-electron chi connectivity index (χ2n) is 6.15. The first-order chi connectivity index (χ1) is 9.28. The molecule has 0 spiro atoms. The number of fused-ring (bicyclic) bond motifs is 2. The van der Waals surface area contributed by atoms with Crippen molar-refractivity contribution in [2.45, 2.75) is 57.8 Å². The lowest BCUT2D eigenvalue weighted by Crippen LogP contribution is -2.42. The Morgan fingerprint density at radius 2 is 2.05 bits per heavy atom. The number of hydrogen-bond acceptors (Lipinski definition) is 3. The normalized spacial score (nSPS) is 30.9. The highest BCUT2D eigenvalue weighted by atomic mass is 15.2. The Kier molecular flexibility index (Phi) is 3.89. The Morgan fingerprint density at radius 3 is 2.74 bits per heavy atom. The van der Waals surface area contributed by atoms with Crippen LogP contribution in [0.25, 0.3) is 0 Å². The molecule has 1 N–H and O–H groups in total. The molecule has 0 amide bonds. The van der Waals surface area contributed by atoms with Crippen molar-refractivity contribution in [3.63, 3.8) is 0 Å². The highest BCUT2D eigenvalue weighted by Gasteiger charge is 2.37. The molecule has 2 bridgehead atoms. The van der Waals surface area contributed by atoms with Crippen molar-refractivity contribution in [1.29, 1.82) is 0 Å². The number of aromatic nitrogens is 2. The highest BCUT2D eigenvalue weighted by molar-refractivity contribution is 4.95. The molecule has 1 aromatic rings. The third-order valence-electron chi connectivity index (χ3n) is 5.05. The summed E-state index contributed by atoms with van der Waals surface area (Å²) in [7, 11) is 2.31. The van der Waals surface area contributed by atoms with E-state index < -0.39 is 0 Å². The molecule has 2 atom stereocenters. The largest absolute Gasteiger partial charge is 0.334 e. The molecule has 0 saturated carbocycles. The first-order valence-corrected chi connectivity index (χ1v) is 7.70. The zero-order chi connectivity index (χ0) is 13.2. The van der Waals surface area contributed by atoms with Crippen molar-refractivity contribution in [3.8, 4) is 0 Å². The summed E-state index contributed by atoms with van der Waals surface area (Å²) in [6.45, 7) is 5.23. The molecular formula is C15H26N4. The average Bonchev–Trinajstić information content (AvgIpc) is 2.92. The standard InChI is InChI=1S/C15H26N4/c1-3-19-7-6-17-15(19)11-16-10-12-8-13-4-5-14(9-12)18(13)2/h6-7,12-14,16H,3-5,8-11H2,1-2H3. The van der Waals surface area contributed by atoms with E-state index in [-0.39, 0.29) is 0 Å². The molecule has 0 radical (unpaired) electrons. The summed E-state index contributed by atoms with van der Waals surface area (Å²) in [6.07, 6.45) is 9.55. The fourth-order valence-electron chi connectivity index (χ4n) is 3.87. The molecule has 4 heteroatoms. The van der Waals surface area contributed by atoms with Crippen LogP contribution in [0.5, 0.6) is 0 Å². The topological polar surface area (TPSA) is 33.1 Å². The van der Waals surface area contributed by atoms with Crippen LogP contribution in [0.3, 0.4) is 0 Å². The third-order valence-corrected chi connectivity index (χ3v) is 5.05. The van der Waals surface area contributed by atoms with Gasteiger partial charge in [-0.15, -0.1) is 0 Å². The van der Waals surface area contributed by atoms with E-state index in [0.717, 1.165) is 37.6 Å². The summed E-state index contributed by atoms with van der Waals surface area (Å²) >= 11 is 0. The molecule has 19 heavy (non-hydrogen) atoms. The minimum Gasteiger partial charge on any atom is -0.334 e. The monoisotopic (exact) mass is 262 g/mol. The van der Waals surface area contributed by atoms with Gasteiger partial charge < -0.3 is 14.8 Å². The molecule has 106 valence electrons. The predicted molar refractivity (Wildman–Crippen MR) is 76.9 cm³/mol. The molecule has 2 unspecified atom stereocenters. The summed E-state index contributed by atoms with van der Waals surface area (Å²) in [5.74, 6) is 2.03. The molecule has 2 aliphatic rings. The van der Waals surface area contributed by atoms with Gasteiger partial charge in [-0.1, -0.05) is 0 Å². The molecule has 2 aliphatic heterocycles. The number of aryl methyl sites for hydroxylation is 1. The quantitative estimate of drug-likeness (QED) is 0.879. The summed E-state index contributed by atoms with van der Waals surface area (Å²) in [4.78, 5) is 7.03. The van der Waals surface area contributed by atoms with E-state index in [1.165, 1.54) is 31.5 Å². The van der Waals surface area contributed by atoms with Crippen LogP contribution in [0.15, 0.2) is 12.4 Å². The molecule has 4 nitrogen and oxygen atoms in total. The molecule has 3 heterocycles. The lowest BCUT2D eigenvalue weighted by molar-refractivity contribution is 0.132.